The van der Waals surface area contributed by atoms with Crippen molar-refractivity contribution in [2.75, 3.05) is 6.61 Å². The lowest BCUT2D eigenvalue weighted by molar-refractivity contribution is -0.148. The summed E-state index contributed by atoms with van der Waals surface area (Å²) >= 11 is 0. The molecule has 1 aromatic heterocycles. The molecule has 0 bridgehead atoms. The predicted molar refractivity (Wildman–Crippen MR) is 54.9 cm³/mol. The molecular formula is C11H17NO2. The Balaban J connectivity index is 2.80. The van der Waals surface area contributed by atoms with Crippen molar-refractivity contribution in [3.63, 3.8) is 0 Å². The highest BCUT2D eigenvalue weighted by atomic mass is 16.5. The molecule has 0 N–H and O–H groups in total. The summed E-state index contributed by atoms with van der Waals surface area (Å²) < 4.78 is 6.92. The lowest BCUT2D eigenvalue weighted by Crippen LogP contribution is -2.25. The van der Waals surface area contributed by atoms with Gasteiger partial charge in [0.05, 0.1) is 6.61 Å². The molecule has 0 saturated carbocycles. The van der Waals surface area contributed by atoms with Gasteiger partial charge in [-0.15, -0.1) is 0 Å². The molecule has 3 heteroatoms. The van der Waals surface area contributed by atoms with Crippen LogP contribution in [0.4, 0.5) is 0 Å². The van der Waals surface area contributed by atoms with Crippen molar-refractivity contribution in [1.29, 1.82) is 0 Å². The number of carbonyl (C=O) groups is 1. The minimum absolute atomic E-state index is 0.154. The molecule has 0 fully saturated rings. The maximum Gasteiger partial charge on any atom is 0.329 e. The van der Waals surface area contributed by atoms with Crippen LogP contribution >= 0.6 is 0 Å². The maximum atomic E-state index is 11.6. The number of nitrogens with zero attached hydrogens (tertiary/aromatic N) is 1. The minimum Gasteiger partial charge on any atom is -0.464 e. The van der Waals surface area contributed by atoms with Crippen molar-refractivity contribution < 1.29 is 9.53 Å². The lowest BCUT2D eigenvalue weighted by Gasteiger charge is -2.20. The van der Waals surface area contributed by atoms with Gasteiger partial charge in [0.15, 0.2) is 0 Å². The largest absolute Gasteiger partial charge is 0.464 e. The average Bonchev–Trinajstić information content (AvgIpc) is 2.57. The molecule has 0 aromatic carbocycles. The van der Waals surface area contributed by atoms with Gasteiger partial charge < -0.3 is 9.30 Å². The highest BCUT2D eigenvalue weighted by Gasteiger charge is 2.24. The molecule has 0 radical (unpaired) electrons. The Morgan fingerprint density at radius 2 is 1.93 bits per heavy atom. The monoisotopic (exact) mass is 195 g/mol. The Morgan fingerprint density at radius 3 is 2.36 bits per heavy atom. The number of ether oxygens (including phenoxy) is 1. The third kappa shape index (κ3) is 2.37. The van der Waals surface area contributed by atoms with Gasteiger partial charge in [-0.05, 0) is 25.0 Å². The second-order valence-corrected chi connectivity index (χ2v) is 3.57. The third-order valence-corrected chi connectivity index (χ3v) is 2.11. The van der Waals surface area contributed by atoms with Crippen LogP contribution in [-0.2, 0) is 9.53 Å². The molecule has 0 aliphatic carbocycles. The molecule has 0 spiro atoms. The van der Waals surface area contributed by atoms with Gasteiger partial charge in [0, 0.05) is 12.4 Å². The highest BCUT2D eigenvalue weighted by molar-refractivity contribution is 5.74. The number of hydrogen-bond acceptors (Lipinski definition) is 2. The zero-order chi connectivity index (χ0) is 10.6. The summed E-state index contributed by atoms with van der Waals surface area (Å²) in [6.45, 7) is 6.29. The molecule has 0 amide bonds. The van der Waals surface area contributed by atoms with Crippen LogP contribution in [0.5, 0.6) is 0 Å². The molecular weight excluding hydrogens is 178 g/mol. The molecule has 0 saturated heterocycles. The maximum absolute atomic E-state index is 11.6. The normalized spacial score (nSPS) is 12.9. The van der Waals surface area contributed by atoms with Crippen LogP contribution in [0.15, 0.2) is 24.5 Å². The first kappa shape index (κ1) is 10.8. The molecule has 1 rings (SSSR count). The number of rotatable bonds is 4. The van der Waals surface area contributed by atoms with Gasteiger partial charge in [-0.3, -0.25) is 0 Å². The van der Waals surface area contributed by atoms with E-state index >= 15 is 0 Å². The van der Waals surface area contributed by atoms with Gasteiger partial charge in [-0.1, -0.05) is 13.8 Å². The molecule has 1 atom stereocenters. The van der Waals surface area contributed by atoms with Crippen LogP contribution in [0.25, 0.3) is 0 Å². The number of hydrogen-bond donors (Lipinski definition) is 0. The predicted octanol–water partition coefficient (Wildman–Crippen LogP) is 2.25. The van der Waals surface area contributed by atoms with Crippen molar-refractivity contribution in [1.82, 2.24) is 4.57 Å². The van der Waals surface area contributed by atoms with Crippen molar-refractivity contribution in [2.24, 2.45) is 5.92 Å². The molecule has 14 heavy (non-hydrogen) atoms. The van der Waals surface area contributed by atoms with Crippen LogP contribution < -0.4 is 0 Å². The van der Waals surface area contributed by atoms with E-state index in [0.29, 0.717) is 6.61 Å². The number of esters is 1. The quantitative estimate of drug-likeness (QED) is 0.690. The van der Waals surface area contributed by atoms with Crippen LogP contribution in [-0.4, -0.2) is 17.1 Å². The minimum atomic E-state index is -0.204. The van der Waals surface area contributed by atoms with Crippen LogP contribution in [0.2, 0.25) is 0 Å². The van der Waals surface area contributed by atoms with E-state index in [4.69, 9.17) is 4.74 Å². The number of carbonyl (C=O) groups excluding carboxylic acids is 1. The summed E-state index contributed by atoms with van der Waals surface area (Å²) in [5, 5.41) is 0. The van der Waals surface area contributed by atoms with E-state index in [2.05, 4.69) is 0 Å². The van der Waals surface area contributed by atoms with Gasteiger partial charge in [0.1, 0.15) is 6.04 Å². The van der Waals surface area contributed by atoms with E-state index in [1.165, 1.54) is 0 Å². The zero-order valence-electron chi connectivity index (χ0n) is 8.93. The molecule has 0 aliphatic heterocycles. The zero-order valence-corrected chi connectivity index (χ0v) is 8.93. The van der Waals surface area contributed by atoms with Crippen molar-refractivity contribution in [3.05, 3.63) is 24.5 Å². The van der Waals surface area contributed by atoms with Gasteiger partial charge >= 0.3 is 5.97 Å². The van der Waals surface area contributed by atoms with E-state index < -0.39 is 0 Å². The Hall–Kier alpha value is -1.25. The van der Waals surface area contributed by atoms with Gasteiger partial charge in [-0.25, -0.2) is 4.79 Å². The molecule has 1 aromatic rings. The fourth-order valence-corrected chi connectivity index (χ4v) is 1.50. The molecule has 1 unspecified atom stereocenters. The van der Waals surface area contributed by atoms with Gasteiger partial charge in [0.2, 0.25) is 0 Å². The lowest BCUT2D eigenvalue weighted by atomic mass is 10.0. The Kier molecular flexibility index (Phi) is 3.74. The van der Waals surface area contributed by atoms with Gasteiger partial charge in [0.25, 0.3) is 0 Å². The standard InChI is InChI=1S/C11H17NO2/c1-4-14-11(13)10(9(2)3)12-7-5-6-8-12/h5-10H,4H2,1-3H3. The Morgan fingerprint density at radius 1 is 1.36 bits per heavy atom. The smallest absolute Gasteiger partial charge is 0.329 e. The van der Waals surface area contributed by atoms with Crippen LogP contribution in [0, 0.1) is 5.92 Å². The topological polar surface area (TPSA) is 31.2 Å². The Bertz CT molecular complexity index is 277. The van der Waals surface area contributed by atoms with Crippen LogP contribution in [0.3, 0.4) is 0 Å². The molecule has 1 heterocycles. The summed E-state index contributed by atoms with van der Waals surface area (Å²) in [7, 11) is 0. The SMILES string of the molecule is CCOC(=O)C(C(C)C)n1cccc1. The average molecular weight is 195 g/mol. The summed E-state index contributed by atoms with van der Waals surface area (Å²) in [4.78, 5) is 11.6. The second kappa shape index (κ2) is 4.84. The van der Waals surface area contributed by atoms with Crippen molar-refractivity contribution in [3.8, 4) is 0 Å². The van der Waals surface area contributed by atoms with Crippen molar-refractivity contribution >= 4 is 5.97 Å². The van der Waals surface area contributed by atoms with E-state index in [-0.39, 0.29) is 17.9 Å². The third-order valence-electron chi connectivity index (χ3n) is 2.11. The highest BCUT2D eigenvalue weighted by Crippen LogP contribution is 2.19. The molecule has 78 valence electrons. The summed E-state index contributed by atoms with van der Waals surface area (Å²) in [6, 6.07) is 3.62. The number of aromatic nitrogens is 1. The summed E-state index contributed by atoms with van der Waals surface area (Å²) in [6.07, 6.45) is 3.78. The first-order valence-electron chi connectivity index (χ1n) is 4.96. The fourth-order valence-electron chi connectivity index (χ4n) is 1.50. The van der Waals surface area contributed by atoms with Crippen molar-refractivity contribution in [2.45, 2.75) is 26.8 Å². The first-order valence-corrected chi connectivity index (χ1v) is 4.96. The van der Waals surface area contributed by atoms with E-state index in [1.54, 1.807) is 0 Å². The Labute approximate surface area is 84.7 Å². The van der Waals surface area contributed by atoms with Crippen LogP contribution in [0.1, 0.15) is 26.8 Å². The second-order valence-electron chi connectivity index (χ2n) is 3.57. The fraction of sp³-hybridized carbons (Fsp3) is 0.545. The first-order chi connectivity index (χ1) is 6.66. The van der Waals surface area contributed by atoms with Gasteiger partial charge in [-0.2, -0.15) is 0 Å². The summed E-state index contributed by atoms with van der Waals surface area (Å²) in [5.41, 5.74) is 0. The molecule has 3 nitrogen and oxygen atoms in total. The molecule has 0 aliphatic rings. The van der Waals surface area contributed by atoms with E-state index in [1.807, 2.05) is 49.9 Å². The van der Waals surface area contributed by atoms with E-state index in [9.17, 15) is 4.79 Å². The van der Waals surface area contributed by atoms with E-state index in [0.717, 1.165) is 0 Å². The summed E-state index contributed by atoms with van der Waals surface area (Å²) in [5.74, 6) is 0.0835.